The molecule has 0 saturated carbocycles. The number of hydrogen-bond acceptors (Lipinski definition) is 4. The number of anilines is 1. The van der Waals surface area contributed by atoms with Crippen molar-refractivity contribution in [2.75, 3.05) is 22.9 Å². The fourth-order valence-electron chi connectivity index (χ4n) is 2.83. The molecule has 0 aliphatic rings. The minimum absolute atomic E-state index is 0.319. The molecule has 8 heteroatoms. The summed E-state index contributed by atoms with van der Waals surface area (Å²) in [6, 6.07) is 14.1. The number of sulfonamides is 1. The number of hydrogen-bond donors (Lipinski definition) is 1. The minimum atomic E-state index is -3.68. The highest BCUT2D eigenvalue weighted by atomic mass is 35.5. The van der Waals surface area contributed by atoms with Crippen LogP contribution in [-0.2, 0) is 14.8 Å². The number of halogens is 1. The molecule has 0 aliphatic heterocycles. The van der Waals surface area contributed by atoms with Gasteiger partial charge in [0.15, 0.2) is 0 Å². The highest BCUT2D eigenvalue weighted by molar-refractivity contribution is 7.99. The van der Waals surface area contributed by atoms with Crippen LogP contribution in [0.5, 0.6) is 0 Å². The summed E-state index contributed by atoms with van der Waals surface area (Å²) in [5.74, 6) is 0.377. The zero-order valence-electron chi connectivity index (χ0n) is 16.2. The fraction of sp³-hybridized carbons (Fsp3) is 0.350. The van der Waals surface area contributed by atoms with Crippen molar-refractivity contribution in [2.24, 2.45) is 0 Å². The van der Waals surface area contributed by atoms with Crippen LogP contribution in [0.1, 0.15) is 18.9 Å². The number of nitrogens with one attached hydrogen (secondary N) is 1. The average Bonchev–Trinajstić information content (AvgIpc) is 2.65. The van der Waals surface area contributed by atoms with E-state index in [4.69, 9.17) is 11.6 Å². The third-order valence-corrected chi connectivity index (χ3v) is 6.57. The normalized spacial score (nSPS) is 12.4. The van der Waals surface area contributed by atoms with Crippen molar-refractivity contribution < 1.29 is 13.2 Å². The van der Waals surface area contributed by atoms with E-state index < -0.39 is 16.1 Å². The maximum absolute atomic E-state index is 12.8. The SMILES string of the molecule is CCC(C(=O)NCCSc1ccccc1)N(c1cc(Cl)ccc1C)S(C)(=O)=O. The van der Waals surface area contributed by atoms with Gasteiger partial charge in [-0.15, -0.1) is 11.8 Å². The Kier molecular flexibility index (Phi) is 8.22. The van der Waals surface area contributed by atoms with E-state index in [1.165, 1.54) is 4.31 Å². The summed E-state index contributed by atoms with van der Waals surface area (Å²) >= 11 is 7.71. The second-order valence-corrected chi connectivity index (χ2v) is 9.83. The van der Waals surface area contributed by atoms with E-state index in [-0.39, 0.29) is 5.91 Å². The quantitative estimate of drug-likeness (QED) is 0.471. The van der Waals surface area contributed by atoms with Crippen LogP contribution < -0.4 is 9.62 Å². The van der Waals surface area contributed by atoms with Crippen LogP contribution in [0, 0.1) is 6.92 Å². The predicted molar refractivity (Wildman–Crippen MR) is 118 cm³/mol. The molecule has 0 aliphatic carbocycles. The van der Waals surface area contributed by atoms with E-state index in [1.807, 2.05) is 30.3 Å². The molecule has 0 aromatic heterocycles. The van der Waals surface area contributed by atoms with Gasteiger partial charge in [0, 0.05) is 22.2 Å². The molecule has 1 N–H and O–H groups in total. The van der Waals surface area contributed by atoms with Crippen LogP contribution in [0.25, 0.3) is 0 Å². The summed E-state index contributed by atoms with van der Waals surface area (Å²) in [5, 5.41) is 3.28. The maximum Gasteiger partial charge on any atom is 0.243 e. The molecule has 5 nitrogen and oxygen atoms in total. The van der Waals surface area contributed by atoms with Crippen LogP contribution in [0.2, 0.25) is 5.02 Å². The minimum Gasteiger partial charge on any atom is -0.353 e. The average molecular weight is 441 g/mol. The van der Waals surface area contributed by atoms with Crippen LogP contribution in [0.15, 0.2) is 53.4 Å². The topological polar surface area (TPSA) is 66.5 Å². The van der Waals surface area contributed by atoms with Crippen molar-refractivity contribution in [2.45, 2.75) is 31.2 Å². The third-order valence-electron chi connectivity index (χ3n) is 4.15. The zero-order valence-corrected chi connectivity index (χ0v) is 18.6. The molecule has 152 valence electrons. The summed E-state index contributed by atoms with van der Waals surface area (Å²) in [7, 11) is -3.68. The Morgan fingerprint density at radius 2 is 1.89 bits per heavy atom. The predicted octanol–water partition coefficient (Wildman–Crippen LogP) is 4.10. The molecular weight excluding hydrogens is 416 g/mol. The van der Waals surface area contributed by atoms with E-state index in [2.05, 4.69) is 5.32 Å². The molecule has 0 spiro atoms. The fourth-order valence-corrected chi connectivity index (χ4v) is 5.05. The Labute approximate surface area is 176 Å². The molecule has 1 amide bonds. The number of nitrogens with zero attached hydrogens (tertiary/aromatic N) is 1. The van der Waals surface area contributed by atoms with Gasteiger partial charge in [-0.05, 0) is 43.2 Å². The lowest BCUT2D eigenvalue weighted by Crippen LogP contribution is -2.50. The standard InChI is InChI=1S/C20H25ClN2O3S2/c1-4-18(20(24)22-12-13-27-17-8-6-5-7-9-17)23(28(3,25)26)19-14-16(21)11-10-15(19)2/h5-11,14,18H,4,12-13H2,1-3H3,(H,22,24). The van der Waals surface area contributed by atoms with Gasteiger partial charge in [-0.2, -0.15) is 0 Å². The number of carbonyl (C=O) groups excluding carboxylic acids is 1. The monoisotopic (exact) mass is 440 g/mol. The Morgan fingerprint density at radius 1 is 1.21 bits per heavy atom. The summed E-state index contributed by atoms with van der Waals surface area (Å²) < 4.78 is 26.2. The van der Waals surface area contributed by atoms with Crippen LogP contribution in [0.4, 0.5) is 5.69 Å². The molecule has 1 unspecified atom stereocenters. The zero-order chi connectivity index (χ0) is 20.7. The molecule has 2 aromatic carbocycles. The van der Waals surface area contributed by atoms with Crippen LogP contribution >= 0.6 is 23.4 Å². The summed E-state index contributed by atoms with van der Waals surface area (Å²) in [6.45, 7) is 4.03. The van der Waals surface area contributed by atoms with Crippen molar-refractivity contribution in [3.63, 3.8) is 0 Å². The highest BCUT2D eigenvalue weighted by Gasteiger charge is 2.32. The summed E-state index contributed by atoms with van der Waals surface area (Å²) in [4.78, 5) is 13.9. The molecule has 0 heterocycles. The summed E-state index contributed by atoms with van der Waals surface area (Å²) in [5.41, 5.74) is 1.16. The van der Waals surface area contributed by atoms with Crippen molar-refractivity contribution in [3.8, 4) is 0 Å². The van der Waals surface area contributed by atoms with Gasteiger partial charge >= 0.3 is 0 Å². The van der Waals surface area contributed by atoms with Gasteiger partial charge in [0.05, 0.1) is 11.9 Å². The number of thioether (sulfide) groups is 1. The molecule has 28 heavy (non-hydrogen) atoms. The van der Waals surface area contributed by atoms with Gasteiger partial charge in [0.2, 0.25) is 15.9 Å². The molecule has 1 atom stereocenters. The van der Waals surface area contributed by atoms with Gasteiger partial charge in [-0.25, -0.2) is 8.42 Å². The summed E-state index contributed by atoms with van der Waals surface area (Å²) in [6.07, 6.45) is 1.45. The number of aryl methyl sites for hydroxylation is 1. The lowest BCUT2D eigenvalue weighted by atomic mass is 10.1. The van der Waals surface area contributed by atoms with Gasteiger partial charge in [-0.1, -0.05) is 42.8 Å². The number of carbonyl (C=O) groups is 1. The molecule has 0 fully saturated rings. The number of benzene rings is 2. The first-order chi connectivity index (χ1) is 13.2. The lowest BCUT2D eigenvalue weighted by molar-refractivity contribution is -0.122. The first-order valence-electron chi connectivity index (χ1n) is 8.95. The smallest absolute Gasteiger partial charge is 0.243 e. The Morgan fingerprint density at radius 3 is 2.50 bits per heavy atom. The van der Waals surface area contributed by atoms with Gasteiger partial charge in [0.25, 0.3) is 0 Å². The number of rotatable bonds is 9. The van der Waals surface area contributed by atoms with Crippen molar-refractivity contribution >= 4 is 45.0 Å². The molecule has 0 bridgehead atoms. The van der Waals surface area contributed by atoms with E-state index in [0.29, 0.717) is 29.4 Å². The number of amides is 1. The molecule has 0 saturated heterocycles. The largest absolute Gasteiger partial charge is 0.353 e. The van der Waals surface area contributed by atoms with Gasteiger partial charge < -0.3 is 5.32 Å². The van der Waals surface area contributed by atoms with E-state index >= 15 is 0 Å². The van der Waals surface area contributed by atoms with E-state index in [1.54, 1.807) is 43.8 Å². The lowest BCUT2D eigenvalue weighted by Gasteiger charge is -2.31. The molecule has 0 radical (unpaired) electrons. The van der Waals surface area contributed by atoms with E-state index in [9.17, 15) is 13.2 Å². The van der Waals surface area contributed by atoms with Crippen LogP contribution in [-0.4, -0.2) is 38.9 Å². The van der Waals surface area contributed by atoms with Gasteiger partial charge in [-0.3, -0.25) is 9.10 Å². The third kappa shape index (κ3) is 6.15. The Balaban J connectivity index is 2.12. The second-order valence-electron chi connectivity index (χ2n) is 6.37. The Hall–Kier alpha value is -1.70. The first-order valence-corrected chi connectivity index (χ1v) is 12.2. The Bertz CT molecular complexity index is 905. The molecular formula is C20H25ClN2O3S2. The van der Waals surface area contributed by atoms with Crippen LogP contribution in [0.3, 0.4) is 0 Å². The molecule has 2 aromatic rings. The van der Waals surface area contributed by atoms with Crippen molar-refractivity contribution in [1.82, 2.24) is 5.32 Å². The molecule has 2 rings (SSSR count). The second kappa shape index (κ2) is 10.2. The van der Waals surface area contributed by atoms with Gasteiger partial charge in [0.1, 0.15) is 6.04 Å². The van der Waals surface area contributed by atoms with Crippen molar-refractivity contribution in [3.05, 3.63) is 59.1 Å². The maximum atomic E-state index is 12.8. The van der Waals surface area contributed by atoms with Crippen molar-refractivity contribution in [1.29, 1.82) is 0 Å². The highest BCUT2D eigenvalue weighted by Crippen LogP contribution is 2.29. The van der Waals surface area contributed by atoms with E-state index in [0.717, 1.165) is 16.7 Å². The first kappa shape index (κ1) is 22.6.